The second-order valence-electron chi connectivity index (χ2n) is 11.6. The molecule has 3 rings (SSSR count). The fourth-order valence-electron chi connectivity index (χ4n) is 6.00. The number of piperidine rings is 1. The van der Waals surface area contributed by atoms with Crippen LogP contribution >= 0.6 is 0 Å². The van der Waals surface area contributed by atoms with Crippen LogP contribution in [0.5, 0.6) is 5.75 Å². The Kier molecular flexibility index (Phi) is 8.80. The van der Waals surface area contributed by atoms with Crippen LogP contribution < -0.4 is 5.32 Å². The summed E-state index contributed by atoms with van der Waals surface area (Å²) < 4.78 is 0. The molecule has 5 nitrogen and oxygen atoms in total. The normalized spacial score (nSPS) is 21.8. The Balaban J connectivity index is 1.87. The van der Waals surface area contributed by atoms with Gasteiger partial charge in [0.05, 0.1) is 5.70 Å². The lowest BCUT2D eigenvalue weighted by molar-refractivity contribution is 0.128. The van der Waals surface area contributed by atoms with Crippen molar-refractivity contribution >= 4 is 11.1 Å². The number of allylic oxidation sites excluding steroid dienone is 7. The summed E-state index contributed by atoms with van der Waals surface area (Å²) in [6.45, 7) is 19.2. The molecule has 0 atom stereocenters. The highest BCUT2D eigenvalue weighted by molar-refractivity contribution is 5.80. The van der Waals surface area contributed by atoms with Gasteiger partial charge in [-0.05, 0) is 120 Å². The minimum atomic E-state index is 0.110. The van der Waals surface area contributed by atoms with E-state index in [2.05, 4.69) is 68.9 Å². The molecule has 0 radical (unpaired) electrons. The van der Waals surface area contributed by atoms with Gasteiger partial charge in [-0.15, -0.1) is 0 Å². The predicted octanol–water partition coefficient (Wildman–Crippen LogP) is 8.36. The van der Waals surface area contributed by atoms with Gasteiger partial charge >= 0.3 is 0 Å². The lowest BCUT2D eigenvalue weighted by Gasteiger charge is -2.46. The van der Waals surface area contributed by atoms with Gasteiger partial charge in [0.25, 0.3) is 0 Å². The van der Waals surface area contributed by atoms with Crippen LogP contribution in [0.2, 0.25) is 0 Å². The first-order chi connectivity index (χ1) is 17.4. The van der Waals surface area contributed by atoms with Crippen molar-refractivity contribution in [1.82, 2.24) is 10.2 Å². The molecule has 1 fully saturated rings. The Morgan fingerprint density at radius 3 is 2.43 bits per heavy atom. The van der Waals surface area contributed by atoms with Crippen LogP contribution in [0.25, 0.3) is 11.1 Å². The molecule has 2 N–H and O–H groups in total. The molecule has 0 aliphatic carbocycles. The molecule has 0 saturated carbocycles. The van der Waals surface area contributed by atoms with E-state index >= 15 is 0 Å². The summed E-state index contributed by atoms with van der Waals surface area (Å²) >= 11 is 0. The molecule has 1 saturated heterocycles. The molecule has 37 heavy (non-hydrogen) atoms. The molecule has 0 aromatic heterocycles. The van der Waals surface area contributed by atoms with Crippen molar-refractivity contribution in [3.63, 3.8) is 0 Å². The average Bonchev–Trinajstić information content (AvgIpc) is 2.81. The monoisotopic (exact) mass is 500 g/mol. The summed E-state index contributed by atoms with van der Waals surface area (Å²) in [7, 11) is 1.71. The van der Waals surface area contributed by atoms with E-state index in [4.69, 9.17) is 0 Å². The van der Waals surface area contributed by atoms with E-state index in [0.29, 0.717) is 5.92 Å². The molecule has 0 unspecified atom stereocenters. The van der Waals surface area contributed by atoms with Crippen molar-refractivity contribution in [1.29, 1.82) is 0 Å². The molecule has 5 heteroatoms. The fourth-order valence-corrected chi connectivity index (χ4v) is 6.00. The molecule has 1 aromatic rings. The van der Waals surface area contributed by atoms with Crippen molar-refractivity contribution in [2.45, 2.75) is 78.8 Å². The van der Waals surface area contributed by atoms with Gasteiger partial charge in [-0.3, -0.25) is 0 Å². The van der Waals surface area contributed by atoms with Crippen LogP contribution in [0.4, 0.5) is 0 Å². The molecular formula is C32H44N4O. The van der Waals surface area contributed by atoms with Crippen LogP contribution in [0.1, 0.15) is 78.9 Å². The third-order valence-electron chi connectivity index (χ3n) is 7.13. The number of nitrogens with one attached hydrogen (secondary N) is 1. The van der Waals surface area contributed by atoms with Crippen molar-refractivity contribution < 1.29 is 5.11 Å². The van der Waals surface area contributed by atoms with E-state index < -0.39 is 0 Å². The van der Waals surface area contributed by atoms with E-state index in [1.165, 1.54) is 5.57 Å². The summed E-state index contributed by atoms with van der Waals surface area (Å²) in [5.74, 6) is 0.826. The van der Waals surface area contributed by atoms with Gasteiger partial charge in [-0.25, -0.2) is 0 Å². The van der Waals surface area contributed by atoms with Gasteiger partial charge in [0.1, 0.15) is 5.75 Å². The van der Waals surface area contributed by atoms with Crippen LogP contribution in [0.15, 0.2) is 88.7 Å². The Labute approximate surface area is 223 Å². The van der Waals surface area contributed by atoms with Gasteiger partial charge in [0.2, 0.25) is 0 Å². The summed E-state index contributed by atoms with van der Waals surface area (Å²) in [6.07, 6.45) is 15.2. The van der Waals surface area contributed by atoms with Gasteiger partial charge in [-0.1, -0.05) is 24.8 Å². The number of rotatable bonds is 7. The minimum absolute atomic E-state index is 0.110. The molecule has 0 spiro atoms. The average molecular weight is 501 g/mol. The molecule has 0 bridgehead atoms. The number of hydrogen-bond donors (Lipinski definition) is 2. The molecular weight excluding hydrogens is 456 g/mol. The first-order valence-electron chi connectivity index (χ1n) is 13.2. The zero-order valence-corrected chi connectivity index (χ0v) is 23.9. The largest absolute Gasteiger partial charge is 0.507 e. The number of benzene rings is 1. The molecule has 2 heterocycles. The highest BCUT2D eigenvalue weighted by Crippen LogP contribution is 2.37. The number of azo groups is 1. The van der Waals surface area contributed by atoms with Crippen LogP contribution in [0, 0.1) is 5.92 Å². The molecule has 2 aliphatic rings. The minimum Gasteiger partial charge on any atom is -0.507 e. The predicted molar refractivity (Wildman–Crippen MR) is 157 cm³/mol. The van der Waals surface area contributed by atoms with Crippen LogP contribution in [0.3, 0.4) is 0 Å². The SMILES string of the molecule is C=CN1C=CC(c2ccc(/C(C)=C/C(N=NC)=C(\C)CC3CC(C)(C)NC(C)(C)C3)c(O)c2)=C/C1=C/C. The first kappa shape index (κ1) is 28.4. The smallest absolute Gasteiger partial charge is 0.123 e. The number of aromatic hydroxyl groups is 1. The lowest BCUT2D eigenvalue weighted by atomic mass is 9.73. The quantitative estimate of drug-likeness (QED) is 0.292. The Hall–Kier alpha value is -3.18. The zero-order valence-electron chi connectivity index (χ0n) is 23.9. The maximum atomic E-state index is 11.0. The van der Waals surface area contributed by atoms with Gasteiger partial charge in [0.15, 0.2) is 0 Å². The van der Waals surface area contributed by atoms with E-state index in [-0.39, 0.29) is 16.8 Å². The standard InChI is InChI=1S/C32H44N4O/c1-10-27-18-26(14-15-36(27)11-2)25-12-13-28(30(37)19-25)22(3)17-29(34-33-9)23(4)16-24-20-31(5,6)35-32(7,8)21-24/h10-15,17-19,24,35,37H,2,16,20-21H2,1,3-9H3/b22-17+,27-10-,29-23-,34-33?. The van der Waals surface area contributed by atoms with Crippen molar-refractivity contribution in [3.05, 3.63) is 89.6 Å². The third kappa shape index (κ3) is 7.20. The summed E-state index contributed by atoms with van der Waals surface area (Å²) in [5.41, 5.74) is 7.12. The highest BCUT2D eigenvalue weighted by atomic mass is 16.3. The Morgan fingerprint density at radius 1 is 1.19 bits per heavy atom. The molecule has 1 aromatic carbocycles. The zero-order chi connectivity index (χ0) is 27.4. The van der Waals surface area contributed by atoms with Crippen molar-refractivity contribution in [2.75, 3.05) is 7.05 Å². The maximum absolute atomic E-state index is 11.0. The third-order valence-corrected chi connectivity index (χ3v) is 7.13. The molecule has 198 valence electrons. The van der Waals surface area contributed by atoms with E-state index in [1.54, 1.807) is 13.2 Å². The van der Waals surface area contributed by atoms with Crippen molar-refractivity contribution in [2.24, 2.45) is 16.1 Å². The second-order valence-corrected chi connectivity index (χ2v) is 11.6. The number of phenolic OH excluding ortho intramolecular Hbond substituents is 1. The first-order valence-corrected chi connectivity index (χ1v) is 13.2. The number of nitrogens with zero attached hydrogens (tertiary/aromatic N) is 3. The van der Waals surface area contributed by atoms with E-state index in [1.807, 2.05) is 55.3 Å². The summed E-state index contributed by atoms with van der Waals surface area (Å²) in [6, 6.07) is 5.86. The highest BCUT2D eigenvalue weighted by Gasteiger charge is 2.37. The lowest BCUT2D eigenvalue weighted by Crippen LogP contribution is -2.57. The van der Waals surface area contributed by atoms with Gasteiger partial charge in [-0.2, -0.15) is 10.2 Å². The van der Waals surface area contributed by atoms with Gasteiger partial charge < -0.3 is 15.3 Å². The van der Waals surface area contributed by atoms with Crippen LogP contribution in [-0.2, 0) is 0 Å². The van der Waals surface area contributed by atoms with E-state index in [0.717, 1.165) is 52.9 Å². The maximum Gasteiger partial charge on any atom is 0.123 e. The molecule has 2 aliphatic heterocycles. The van der Waals surface area contributed by atoms with Gasteiger partial charge in [0, 0.05) is 41.8 Å². The van der Waals surface area contributed by atoms with E-state index in [9.17, 15) is 5.11 Å². The summed E-state index contributed by atoms with van der Waals surface area (Å²) in [5, 5.41) is 23.3. The Bertz CT molecular complexity index is 1190. The topological polar surface area (TPSA) is 60.2 Å². The fraction of sp³-hybridized carbons (Fsp3) is 0.438. The van der Waals surface area contributed by atoms with Crippen LogP contribution in [-0.4, -0.2) is 28.1 Å². The second kappa shape index (κ2) is 11.5. The van der Waals surface area contributed by atoms with Crippen molar-refractivity contribution in [3.8, 4) is 5.75 Å². The number of hydrogen-bond acceptors (Lipinski definition) is 5. The Morgan fingerprint density at radius 2 is 1.86 bits per heavy atom. The summed E-state index contributed by atoms with van der Waals surface area (Å²) in [4.78, 5) is 1.97. The number of phenols is 1. The molecule has 0 amide bonds.